The van der Waals surface area contributed by atoms with E-state index in [1.54, 1.807) is 0 Å². The van der Waals surface area contributed by atoms with Gasteiger partial charge in [-0.25, -0.2) is 0 Å². The summed E-state index contributed by atoms with van der Waals surface area (Å²) < 4.78 is 5.57. The molecule has 10 heteroatoms. The maximum atomic E-state index is 13.1. The molecule has 0 spiro atoms. The van der Waals surface area contributed by atoms with E-state index in [0.29, 0.717) is 13.1 Å². The molecule has 2 rings (SSSR count). The highest BCUT2D eigenvalue weighted by Gasteiger charge is 2.46. The van der Waals surface area contributed by atoms with Gasteiger partial charge in [0.15, 0.2) is 6.61 Å². The van der Waals surface area contributed by atoms with Crippen LogP contribution in [0.25, 0.3) is 0 Å². The van der Waals surface area contributed by atoms with E-state index in [0.717, 1.165) is 43.4 Å². The number of imide groups is 2. The first-order chi connectivity index (χ1) is 16.3. The van der Waals surface area contributed by atoms with E-state index < -0.39 is 29.7 Å². The van der Waals surface area contributed by atoms with Gasteiger partial charge in [-0.2, -0.15) is 0 Å². The van der Waals surface area contributed by atoms with Gasteiger partial charge in [-0.15, -0.1) is 0 Å². The monoisotopic (exact) mass is 474 g/mol. The minimum absolute atomic E-state index is 0.0238. The Bertz CT molecular complexity index is 892. The highest BCUT2D eigenvalue weighted by Crippen LogP contribution is 2.30. The number of ether oxygens (including phenoxy) is 1. The number of rotatable bonds is 14. The molecule has 0 aromatic carbocycles. The quantitative estimate of drug-likeness (QED) is 0.147. The average Bonchev–Trinajstić information content (AvgIpc) is 3.01. The fourth-order valence-corrected chi connectivity index (χ4v) is 3.87. The van der Waals surface area contributed by atoms with E-state index >= 15 is 0 Å². The lowest BCUT2D eigenvalue weighted by Gasteiger charge is -2.28. The van der Waals surface area contributed by atoms with Crippen molar-refractivity contribution in [2.24, 2.45) is 5.73 Å². The molecule has 10 nitrogen and oxygen atoms in total. The number of allylic oxidation sites excluding steroid dienone is 2. The van der Waals surface area contributed by atoms with Crippen LogP contribution in [-0.4, -0.2) is 60.2 Å². The normalized spacial score (nSPS) is 18.9. The summed E-state index contributed by atoms with van der Waals surface area (Å²) >= 11 is 0. The number of piperidine rings is 1. The van der Waals surface area contributed by atoms with Gasteiger partial charge in [0.05, 0.1) is 5.57 Å². The standard InChI is InChI=1S/C24H34N4O6/c1-3-10-18(34-15-20(30)26-14-9-7-5-4-6-8-13-25)21-16(2)23(32)28(24(21)33)17-11-12-19(29)27-22(17)31/h3,10,17H,1,4-9,11-15,25H2,2H3,(H,26,30)(H,27,29,31)/b18-10+. The fraction of sp³-hybridized carbons (Fsp3) is 0.542. The van der Waals surface area contributed by atoms with Gasteiger partial charge in [0.25, 0.3) is 17.7 Å². The van der Waals surface area contributed by atoms with Crippen LogP contribution in [0.5, 0.6) is 0 Å². The molecular weight excluding hydrogens is 440 g/mol. The fourth-order valence-electron chi connectivity index (χ4n) is 3.87. The SMILES string of the molecule is C=C/C=C(/OCC(=O)NCCCCCCCCN)C1=C(C)C(=O)N(C2CCC(=O)NC2=O)C1=O. The molecule has 0 aliphatic carbocycles. The van der Waals surface area contributed by atoms with Crippen LogP contribution < -0.4 is 16.4 Å². The van der Waals surface area contributed by atoms with Crippen molar-refractivity contribution in [1.29, 1.82) is 0 Å². The Morgan fingerprint density at radius 1 is 1.15 bits per heavy atom. The largest absolute Gasteiger partial charge is 0.483 e. The van der Waals surface area contributed by atoms with Gasteiger partial charge in [-0.05, 0) is 38.8 Å². The summed E-state index contributed by atoms with van der Waals surface area (Å²) in [6.07, 6.45) is 9.08. The summed E-state index contributed by atoms with van der Waals surface area (Å²) in [5, 5.41) is 4.92. The van der Waals surface area contributed by atoms with Crippen LogP contribution in [0, 0.1) is 0 Å². The number of hydrogen-bond donors (Lipinski definition) is 3. The number of nitrogens with zero attached hydrogens (tertiary/aromatic N) is 1. The molecule has 2 heterocycles. The molecular formula is C24H34N4O6. The third-order valence-electron chi connectivity index (χ3n) is 5.70. The second-order valence-electron chi connectivity index (χ2n) is 8.26. The second kappa shape index (κ2) is 13.4. The third-order valence-corrected chi connectivity index (χ3v) is 5.70. The minimum atomic E-state index is -1.08. The van der Waals surface area contributed by atoms with Crippen LogP contribution >= 0.6 is 0 Å². The Morgan fingerprint density at radius 2 is 1.82 bits per heavy atom. The van der Waals surface area contributed by atoms with Gasteiger partial charge >= 0.3 is 0 Å². The molecule has 0 radical (unpaired) electrons. The molecule has 0 aromatic heterocycles. The topological polar surface area (TPSA) is 148 Å². The van der Waals surface area contributed by atoms with Gasteiger partial charge in [0.1, 0.15) is 11.8 Å². The van der Waals surface area contributed by atoms with Crippen molar-refractivity contribution in [3.63, 3.8) is 0 Å². The summed E-state index contributed by atoms with van der Waals surface area (Å²) in [7, 11) is 0. The molecule has 1 fully saturated rings. The van der Waals surface area contributed by atoms with Gasteiger partial charge in [-0.3, -0.25) is 34.2 Å². The Balaban J connectivity index is 1.91. The van der Waals surface area contributed by atoms with E-state index in [1.165, 1.54) is 19.1 Å². The molecule has 0 saturated carbocycles. The van der Waals surface area contributed by atoms with E-state index in [9.17, 15) is 24.0 Å². The van der Waals surface area contributed by atoms with Crippen molar-refractivity contribution in [1.82, 2.24) is 15.5 Å². The number of unbranched alkanes of at least 4 members (excludes halogenated alkanes) is 5. The summed E-state index contributed by atoms with van der Waals surface area (Å²) in [6, 6.07) is -1.08. The maximum absolute atomic E-state index is 13.1. The second-order valence-corrected chi connectivity index (χ2v) is 8.26. The highest BCUT2D eigenvalue weighted by molar-refractivity contribution is 6.23. The highest BCUT2D eigenvalue weighted by atomic mass is 16.5. The third kappa shape index (κ3) is 7.11. The van der Waals surface area contributed by atoms with Crippen molar-refractivity contribution in [3.8, 4) is 0 Å². The first-order valence-corrected chi connectivity index (χ1v) is 11.7. The zero-order valence-corrected chi connectivity index (χ0v) is 19.7. The summed E-state index contributed by atoms with van der Waals surface area (Å²) in [5.41, 5.74) is 5.54. The molecule has 0 bridgehead atoms. The van der Waals surface area contributed by atoms with Crippen molar-refractivity contribution in [3.05, 3.63) is 35.6 Å². The van der Waals surface area contributed by atoms with Gasteiger partial charge in [0, 0.05) is 18.5 Å². The van der Waals surface area contributed by atoms with Crippen LogP contribution in [0.2, 0.25) is 0 Å². The summed E-state index contributed by atoms with van der Waals surface area (Å²) in [6.45, 7) is 5.94. The van der Waals surface area contributed by atoms with Crippen LogP contribution in [-0.2, 0) is 28.7 Å². The predicted octanol–water partition coefficient (Wildman–Crippen LogP) is 0.979. The number of hydrogen-bond acceptors (Lipinski definition) is 7. The summed E-state index contributed by atoms with van der Waals surface area (Å²) in [5.74, 6) is -2.81. The minimum Gasteiger partial charge on any atom is -0.483 e. The van der Waals surface area contributed by atoms with Crippen molar-refractivity contribution >= 4 is 29.5 Å². The van der Waals surface area contributed by atoms with Crippen LogP contribution in [0.15, 0.2) is 35.6 Å². The molecule has 34 heavy (non-hydrogen) atoms. The van der Waals surface area contributed by atoms with Gasteiger partial charge < -0.3 is 15.8 Å². The lowest BCUT2D eigenvalue weighted by Crippen LogP contribution is -2.54. The van der Waals surface area contributed by atoms with Crippen LogP contribution in [0.4, 0.5) is 0 Å². The average molecular weight is 475 g/mol. The van der Waals surface area contributed by atoms with Gasteiger partial charge in [0.2, 0.25) is 11.8 Å². The lowest BCUT2D eigenvalue weighted by molar-refractivity contribution is -0.150. The molecule has 4 N–H and O–H groups in total. The Hall–Kier alpha value is -3.27. The maximum Gasteiger partial charge on any atom is 0.265 e. The molecule has 5 amide bonds. The Kier molecular flexibility index (Phi) is 10.7. The zero-order chi connectivity index (χ0) is 25.1. The molecule has 2 aliphatic rings. The number of carbonyl (C=O) groups is 5. The summed E-state index contributed by atoms with van der Waals surface area (Å²) in [4.78, 5) is 62.5. The van der Waals surface area contributed by atoms with E-state index in [4.69, 9.17) is 10.5 Å². The van der Waals surface area contributed by atoms with Crippen LogP contribution in [0.3, 0.4) is 0 Å². The number of carbonyl (C=O) groups excluding carboxylic acids is 5. The van der Waals surface area contributed by atoms with Gasteiger partial charge in [-0.1, -0.05) is 38.3 Å². The smallest absolute Gasteiger partial charge is 0.265 e. The first kappa shape index (κ1) is 27.0. The Morgan fingerprint density at radius 3 is 2.47 bits per heavy atom. The van der Waals surface area contributed by atoms with E-state index in [1.807, 2.05) is 0 Å². The number of nitrogens with two attached hydrogens (primary N) is 1. The van der Waals surface area contributed by atoms with Crippen molar-refractivity contribution in [2.75, 3.05) is 19.7 Å². The molecule has 186 valence electrons. The van der Waals surface area contributed by atoms with Crippen LogP contribution in [0.1, 0.15) is 58.3 Å². The molecule has 2 aliphatic heterocycles. The molecule has 1 saturated heterocycles. The molecule has 0 aromatic rings. The van der Waals surface area contributed by atoms with Crippen molar-refractivity contribution < 1.29 is 28.7 Å². The number of amides is 5. The first-order valence-electron chi connectivity index (χ1n) is 11.7. The lowest BCUT2D eigenvalue weighted by atomic mass is 10.0. The zero-order valence-electron chi connectivity index (χ0n) is 19.7. The molecule has 1 atom stereocenters. The van der Waals surface area contributed by atoms with Crippen molar-refractivity contribution in [2.45, 2.75) is 64.3 Å². The van der Waals surface area contributed by atoms with E-state index in [-0.39, 0.29) is 42.3 Å². The van der Waals surface area contributed by atoms with E-state index in [2.05, 4.69) is 17.2 Å². The molecule has 1 unspecified atom stereocenters. The number of nitrogens with one attached hydrogen (secondary N) is 2. The predicted molar refractivity (Wildman–Crippen MR) is 125 cm³/mol. The Labute approximate surface area is 199 Å².